The number of ketones is 1. The Kier molecular flexibility index (Phi) is 3.20. The Morgan fingerprint density at radius 1 is 1.24 bits per heavy atom. The topological polar surface area (TPSA) is 37.3 Å². The van der Waals surface area contributed by atoms with Crippen LogP contribution < -0.4 is 0 Å². The van der Waals surface area contributed by atoms with E-state index < -0.39 is 0 Å². The summed E-state index contributed by atoms with van der Waals surface area (Å²) in [6, 6.07) is 3.83. The molecule has 0 aliphatic heterocycles. The molecule has 1 aromatic rings. The van der Waals surface area contributed by atoms with Gasteiger partial charge in [0.15, 0.2) is 5.78 Å². The lowest BCUT2D eigenvalue weighted by Crippen LogP contribution is -2.47. The van der Waals surface area contributed by atoms with Gasteiger partial charge in [-0.25, -0.2) is 0 Å². The van der Waals surface area contributed by atoms with E-state index in [0.29, 0.717) is 16.9 Å². The molecule has 1 fully saturated rings. The van der Waals surface area contributed by atoms with Gasteiger partial charge in [-0.05, 0) is 72.6 Å². The zero-order chi connectivity index (χ0) is 15.4. The van der Waals surface area contributed by atoms with E-state index in [4.69, 9.17) is 0 Å². The molecule has 1 saturated carbocycles. The van der Waals surface area contributed by atoms with Crippen LogP contribution in [0.1, 0.15) is 74.9 Å². The van der Waals surface area contributed by atoms with Gasteiger partial charge in [-0.15, -0.1) is 0 Å². The molecule has 0 radical (unpaired) electrons. The predicted octanol–water partition coefficient (Wildman–Crippen LogP) is 4.63. The van der Waals surface area contributed by atoms with Crippen molar-refractivity contribution in [2.24, 2.45) is 11.3 Å². The van der Waals surface area contributed by atoms with Crippen LogP contribution >= 0.6 is 0 Å². The Hall–Kier alpha value is -1.31. The summed E-state index contributed by atoms with van der Waals surface area (Å²) in [6.45, 7) is 8.68. The van der Waals surface area contributed by atoms with Crippen molar-refractivity contribution in [2.45, 2.75) is 65.2 Å². The summed E-state index contributed by atoms with van der Waals surface area (Å²) in [4.78, 5) is 11.7. The molecule has 3 rings (SSSR count). The standard InChI is InChI=1S/C19H26O2/c1-12(20)14-10-13-6-7-17-18(2,3)8-5-9-19(17,4)15(13)11-16(14)21/h10-11,17,21H,5-9H2,1-4H3/t17-,19+/m0/s1. The van der Waals surface area contributed by atoms with E-state index in [-0.39, 0.29) is 16.9 Å². The summed E-state index contributed by atoms with van der Waals surface area (Å²) in [7, 11) is 0. The van der Waals surface area contributed by atoms with E-state index in [1.54, 1.807) is 0 Å². The third-order valence-corrected chi connectivity index (χ3v) is 6.15. The minimum atomic E-state index is -0.0495. The average Bonchev–Trinajstić information content (AvgIpc) is 2.37. The molecule has 0 spiro atoms. The number of benzene rings is 1. The van der Waals surface area contributed by atoms with E-state index in [0.717, 1.165) is 6.42 Å². The number of rotatable bonds is 1. The van der Waals surface area contributed by atoms with Gasteiger partial charge in [0.05, 0.1) is 5.56 Å². The molecule has 2 aliphatic rings. The van der Waals surface area contributed by atoms with Gasteiger partial charge in [-0.1, -0.05) is 27.2 Å². The fourth-order valence-corrected chi connectivity index (χ4v) is 5.11. The summed E-state index contributed by atoms with van der Waals surface area (Å²) in [5, 5.41) is 10.3. The van der Waals surface area contributed by atoms with Crippen LogP contribution in [-0.4, -0.2) is 10.9 Å². The SMILES string of the molecule is CC(=O)c1cc2c(cc1O)[C@@]1(C)CCCC(C)(C)[C@@H]1CC2. The summed E-state index contributed by atoms with van der Waals surface area (Å²) in [6.07, 6.45) is 5.94. The third kappa shape index (κ3) is 2.11. The van der Waals surface area contributed by atoms with E-state index in [2.05, 4.69) is 20.8 Å². The smallest absolute Gasteiger partial charge is 0.163 e. The minimum absolute atomic E-state index is 0.0495. The van der Waals surface area contributed by atoms with Gasteiger partial charge >= 0.3 is 0 Å². The zero-order valence-corrected chi connectivity index (χ0v) is 13.6. The largest absolute Gasteiger partial charge is 0.507 e. The Balaban J connectivity index is 2.14. The summed E-state index contributed by atoms with van der Waals surface area (Å²) in [5.41, 5.74) is 3.54. The average molecular weight is 286 g/mol. The lowest BCUT2D eigenvalue weighted by atomic mass is 9.50. The molecule has 0 bridgehead atoms. The van der Waals surface area contributed by atoms with Gasteiger partial charge in [0, 0.05) is 0 Å². The summed E-state index contributed by atoms with van der Waals surface area (Å²) < 4.78 is 0. The van der Waals surface area contributed by atoms with Crippen molar-refractivity contribution < 1.29 is 9.90 Å². The molecule has 2 nitrogen and oxygen atoms in total. The highest BCUT2D eigenvalue weighted by Crippen LogP contribution is 2.57. The first-order valence-electron chi connectivity index (χ1n) is 8.13. The Bertz CT molecular complexity index is 600. The van der Waals surface area contributed by atoms with Crippen LogP contribution in [-0.2, 0) is 11.8 Å². The molecule has 114 valence electrons. The van der Waals surface area contributed by atoms with Crippen molar-refractivity contribution >= 4 is 5.78 Å². The molecule has 0 saturated heterocycles. The van der Waals surface area contributed by atoms with E-state index in [1.807, 2.05) is 12.1 Å². The van der Waals surface area contributed by atoms with Gasteiger partial charge in [-0.3, -0.25) is 4.79 Å². The number of carbonyl (C=O) groups excluding carboxylic acids is 1. The number of hydrogen-bond acceptors (Lipinski definition) is 2. The number of hydrogen-bond donors (Lipinski definition) is 1. The number of Topliss-reactive ketones (excluding diaryl/α,β-unsaturated/α-hetero) is 1. The number of carbonyl (C=O) groups is 1. The first-order valence-corrected chi connectivity index (χ1v) is 8.13. The molecule has 2 atom stereocenters. The van der Waals surface area contributed by atoms with Crippen LogP contribution in [0.5, 0.6) is 5.75 Å². The number of aromatic hydroxyl groups is 1. The molecule has 0 unspecified atom stereocenters. The maximum atomic E-state index is 11.7. The van der Waals surface area contributed by atoms with Gasteiger partial charge in [0.25, 0.3) is 0 Å². The molecule has 2 heteroatoms. The van der Waals surface area contributed by atoms with Crippen molar-refractivity contribution in [2.75, 3.05) is 0 Å². The first-order chi connectivity index (χ1) is 9.75. The highest BCUT2D eigenvalue weighted by Gasteiger charge is 2.49. The normalized spacial score (nSPS) is 30.4. The van der Waals surface area contributed by atoms with Crippen LogP contribution in [0.2, 0.25) is 0 Å². The highest BCUT2D eigenvalue weighted by molar-refractivity contribution is 5.97. The van der Waals surface area contributed by atoms with E-state index in [9.17, 15) is 9.90 Å². The Morgan fingerprint density at radius 2 is 1.95 bits per heavy atom. The molecule has 1 N–H and O–H groups in total. The highest BCUT2D eigenvalue weighted by atomic mass is 16.3. The molecule has 0 amide bonds. The van der Waals surface area contributed by atoms with Crippen LogP contribution in [0, 0.1) is 11.3 Å². The quantitative estimate of drug-likeness (QED) is 0.764. The van der Waals surface area contributed by atoms with Gasteiger partial charge in [0.2, 0.25) is 0 Å². The second kappa shape index (κ2) is 4.59. The zero-order valence-electron chi connectivity index (χ0n) is 13.6. The van der Waals surface area contributed by atoms with Gasteiger partial charge in [-0.2, -0.15) is 0 Å². The van der Waals surface area contributed by atoms with Crippen molar-refractivity contribution in [1.29, 1.82) is 0 Å². The molecule has 1 aromatic carbocycles. The number of phenolic OH excluding ortho intramolecular Hbond substituents is 1. The lowest BCUT2D eigenvalue weighted by Gasteiger charge is -2.54. The van der Waals surface area contributed by atoms with Gasteiger partial charge < -0.3 is 5.11 Å². The summed E-state index contributed by atoms with van der Waals surface area (Å²) in [5.74, 6) is 0.770. The minimum Gasteiger partial charge on any atom is -0.507 e. The van der Waals surface area contributed by atoms with Crippen LogP contribution in [0.15, 0.2) is 12.1 Å². The molecular formula is C19H26O2. The van der Waals surface area contributed by atoms with Crippen LogP contribution in [0.4, 0.5) is 0 Å². The Morgan fingerprint density at radius 3 is 2.62 bits per heavy atom. The lowest BCUT2D eigenvalue weighted by molar-refractivity contribution is 0.0405. The maximum Gasteiger partial charge on any atom is 0.163 e. The fraction of sp³-hybridized carbons (Fsp3) is 0.632. The second-order valence-electron chi connectivity index (χ2n) is 7.93. The monoisotopic (exact) mass is 286 g/mol. The van der Waals surface area contributed by atoms with Gasteiger partial charge in [0.1, 0.15) is 5.75 Å². The number of aryl methyl sites for hydroxylation is 1. The van der Waals surface area contributed by atoms with E-state index >= 15 is 0 Å². The number of fused-ring (bicyclic) bond motifs is 3. The van der Waals surface area contributed by atoms with Crippen molar-refractivity contribution in [1.82, 2.24) is 0 Å². The Labute approximate surface area is 127 Å². The summed E-state index contributed by atoms with van der Waals surface area (Å²) >= 11 is 0. The maximum absolute atomic E-state index is 11.7. The second-order valence-corrected chi connectivity index (χ2v) is 7.93. The molecule has 21 heavy (non-hydrogen) atoms. The van der Waals surface area contributed by atoms with Crippen molar-refractivity contribution in [3.8, 4) is 5.75 Å². The molecule has 2 aliphatic carbocycles. The predicted molar refractivity (Wildman–Crippen MR) is 84.9 cm³/mol. The first kappa shape index (κ1) is 14.6. The number of phenols is 1. The van der Waals surface area contributed by atoms with Crippen LogP contribution in [0.3, 0.4) is 0 Å². The van der Waals surface area contributed by atoms with Crippen LogP contribution in [0.25, 0.3) is 0 Å². The molecular weight excluding hydrogens is 260 g/mol. The van der Waals surface area contributed by atoms with E-state index in [1.165, 1.54) is 43.7 Å². The molecule has 0 aromatic heterocycles. The van der Waals surface area contributed by atoms with Crippen molar-refractivity contribution in [3.63, 3.8) is 0 Å². The third-order valence-electron chi connectivity index (χ3n) is 6.15. The fourth-order valence-electron chi connectivity index (χ4n) is 5.11. The molecule has 0 heterocycles. The van der Waals surface area contributed by atoms with Crippen molar-refractivity contribution in [3.05, 3.63) is 28.8 Å².